The highest BCUT2D eigenvalue weighted by atomic mass is 32.2. The Hall–Kier alpha value is -1.25. The lowest BCUT2D eigenvalue weighted by Crippen LogP contribution is -2.26. The summed E-state index contributed by atoms with van der Waals surface area (Å²) in [6.07, 6.45) is 1.56. The zero-order valence-electron chi connectivity index (χ0n) is 9.30. The van der Waals surface area contributed by atoms with Crippen LogP contribution in [0.25, 0.3) is 0 Å². The van der Waals surface area contributed by atoms with Crippen LogP contribution in [0, 0.1) is 0 Å². The maximum Gasteiger partial charge on any atom is 0.213 e. The first-order chi connectivity index (χ1) is 7.94. The van der Waals surface area contributed by atoms with E-state index < -0.39 is 10.0 Å². The second kappa shape index (κ2) is 5.89. The number of pyridine rings is 1. The molecule has 0 aliphatic heterocycles. The molecule has 6 nitrogen and oxygen atoms in total. The lowest BCUT2D eigenvalue weighted by Gasteiger charge is -2.06. The summed E-state index contributed by atoms with van der Waals surface area (Å²) in [7, 11) is -1.80. The van der Waals surface area contributed by atoms with Crippen molar-refractivity contribution in [2.45, 2.75) is 0 Å². The smallest absolute Gasteiger partial charge is 0.213 e. The number of nitrogens with two attached hydrogens (primary N) is 1. The standard InChI is InChI=1S/C9H14N4O2S2/c1-11-17(14,15)5-4-12-7-2-3-8(9(10)16)13-6-7/h2-3,6,11-12H,4-5H2,1H3,(H2,10,16). The average molecular weight is 274 g/mol. The number of anilines is 1. The number of hydrogen-bond acceptors (Lipinski definition) is 5. The second-order valence-corrected chi connectivity index (χ2v) is 5.73. The van der Waals surface area contributed by atoms with Gasteiger partial charge >= 0.3 is 0 Å². The first-order valence-electron chi connectivity index (χ1n) is 4.85. The van der Waals surface area contributed by atoms with Crippen molar-refractivity contribution in [3.05, 3.63) is 24.0 Å². The summed E-state index contributed by atoms with van der Waals surface area (Å²) in [6, 6.07) is 3.42. The highest BCUT2D eigenvalue weighted by Crippen LogP contribution is 2.05. The van der Waals surface area contributed by atoms with Gasteiger partial charge in [-0.1, -0.05) is 12.2 Å². The summed E-state index contributed by atoms with van der Waals surface area (Å²) in [5.41, 5.74) is 6.65. The fraction of sp³-hybridized carbons (Fsp3) is 0.333. The Kier molecular flexibility index (Phi) is 4.79. The summed E-state index contributed by atoms with van der Waals surface area (Å²) in [5, 5.41) is 2.94. The zero-order valence-corrected chi connectivity index (χ0v) is 10.9. The van der Waals surface area contributed by atoms with E-state index in [2.05, 4.69) is 15.0 Å². The van der Waals surface area contributed by atoms with Gasteiger partial charge in [0.1, 0.15) is 4.99 Å². The summed E-state index contributed by atoms with van der Waals surface area (Å²) >= 11 is 4.76. The lowest BCUT2D eigenvalue weighted by molar-refractivity contribution is 0.588. The lowest BCUT2D eigenvalue weighted by atomic mass is 10.3. The van der Waals surface area contributed by atoms with Crippen LogP contribution in [0.3, 0.4) is 0 Å². The Balaban J connectivity index is 2.51. The molecule has 0 atom stereocenters. The molecule has 1 aromatic heterocycles. The summed E-state index contributed by atoms with van der Waals surface area (Å²) in [4.78, 5) is 4.25. The third-order valence-corrected chi connectivity index (χ3v) is 3.60. The van der Waals surface area contributed by atoms with Crippen LogP contribution in [0.1, 0.15) is 5.69 Å². The highest BCUT2D eigenvalue weighted by Gasteiger charge is 2.05. The van der Waals surface area contributed by atoms with E-state index in [1.165, 1.54) is 7.05 Å². The third-order valence-electron chi connectivity index (χ3n) is 2.03. The van der Waals surface area contributed by atoms with E-state index in [0.29, 0.717) is 12.2 Å². The molecule has 94 valence electrons. The predicted octanol–water partition coefficient (Wildman–Crippen LogP) is -0.323. The SMILES string of the molecule is CNS(=O)(=O)CCNc1ccc(C(N)=S)nc1. The molecule has 0 aromatic carbocycles. The molecule has 0 aliphatic rings. The van der Waals surface area contributed by atoms with Gasteiger partial charge in [-0.3, -0.25) is 4.98 Å². The van der Waals surface area contributed by atoms with Crippen LogP contribution in [0.4, 0.5) is 5.69 Å². The molecule has 8 heteroatoms. The van der Waals surface area contributed by atoms with Crippen LogP contribution in [-0.4, -0.2) is 37.7 Å². The van der Waals surface area contributed by atoms with Crippen LogP contribution in [0.5, 0.6) is 0 Å². The molecular formula is C9H14N4O2S2. The predicted molar refractivity (Wildman–Crippen MR) is 71.5 cm³/mol. The first-order valence-corrected chi connectivity index (χ1v) is 6.91. The average Bonchev–Trinajstić information content (AvgIpc) is 2.29. The van der Waals surface area contributed by atoms with Gasteiger partial charge < -0.3 is 11.1 Å². The van der Waals surface area contributed by atoms with E-state index in [4.69, 9.17) is 18.0 Å². The molecule has 0 spiro atoms. The normalized spacial score (nSPS) is 11.1. The fourth-order valence-corrected chi connectivity index (χ4v) is 1.77. The zero-order chi connectivity index (χ0) is 12.9. The van der Waals surface area contributed by atoms with Crippen molar-refractivity contribution < 1.29 is 8.42 Å². The van der Waals surface area contributed by atoms with Crippen LogP contribution in [0.15, 0.2) is 18.3 Å². The minimum Gasteiger partial charge on any atom is -0.388 e. The number of aromatic nitrogens is 1. The molecule has 0 aliphatic carbocycles. The van der Waals surface area contributed by atoms with Gasteiger partial charge in [-0.25, -0.2) is 13.1 Å². The highest BCUT2D eigenvalue weighted by molar-refractivity contribution is 7.89. The van der Waals surface area contributed by atoms with Crippen LogP contribution < -0.4 is 15.8 Å². The van der Waals surface area contributed by atoms with E-state index in [0.717, 1.165) is 5.69 Å². The Bertz CT molecular complexity index is 484. The van der Waals surface area contributed by atoms with E-state index in [-0.39, 0.29) is 10.7 Å². The molecule has 0 saturated heterocycles. The second-order valence-electron chi connectivity index (χ2n) is 3.25. The molecule has 0 fully saturated rings. The van der Waals surface area contributed by atoms with E-state index in [9.17, 15) is 8.42 Å². The Labute approximate surface area is 106 Å². The van der Waals surface area contributed by atoms with Gasteiger partial charge in [-0.15, -0.1) is 0 Å². The third kappa shape index (κ3) is 4.63. The van der Waals surface area contributed by atoms with Gasteiger partial charge in [0.05, 0.1) is 23.3 Å². The number of sulfonamides is 1. The van der Waals surface area contributed by atoms with Gasteiger partial charge in [0, 0.05) is 6.54 Å². The molecule has 4 N–H and O–H groups in total. The van der Waals surface area contributed by atoms with Crippen molar-refractivity contribution in [3.63, 3.8) is 0 Å². The van der Waals surface area contributed by atoms with Crippen molar-refractivity contribution in [2.75, 3.05) is 24.7 Å². The molecule has 0 amide bonds. The van der Waals surface area contributed by atoms with E-state index in [1.54, 1.807) is 18.3 Å². The number of nitrogens with zero attached hydrogens (tertiary/aromatic N) is 1. The molecular weight excluding hydrogens is 260 g/mol. The fourth-order valence-electron chi connectivity index (χ4n) is 1.08. The minimum atomic E-state index is -3.18. The maximum atomic E-state index is 11.1. The minimum absolute atomic E-state index is 0.000548. The summed E-state index contributed by atoms with van der Waals surface area (Å²) in [6.45, 7) is 0.303. The first kappa shape index (κ1) is 13.8. The Morgan fingerprint density at radius 1 is 1.53 bits per heavy atom. The largest absolute Gasteiger partial charge is 0.388 e. The molecule has 1 aromatic rings. The number of hydrogen-bond donors (Lipinski definition) is 3. The van der Waals surface area contributed by atoms with Gasteiger partial charge in [0.25, 0.3) is 0 Å². The van der Waals surface area contributed by atoms with Gasteiger partial charge in [-0.2, -0.15) is 0 Å². The molecule has 1 heterocycles. The number of thiocarbonyl (C=S) groups is 1. The van der Waals surface area contributed by atoms with Crippen LogP contribution in [-0.2, 0) is 10.0 Å². The Morgan fingerprint density at radius 2 is 2.24 bits per heavy atom. The Morgan fingerprint density at radius 3 is 2.71 bits per heavy atom. The monoisotopic (exact) mass is 274 g/mol. The van der Waals surface area contributed by atoms with Crippen molar-refractivity contribution in [1.82, 2.24) is 9.71 Å². The molecule has 0 radical (unpaired) electrons. The van der Waals surface area contributed by atoms with Crippen LogP contribution >= 0.6 is 12.2 Å². The van der Waals surface area contributed by atoms with E-state index in [1.807, 2.05) is 0 Å². The molecule has 1 rings (SSSR count). The summed E-state index contributed by atoms with van der Waals surface area (Å²) < 4.78 is 24.5. The molecule has 0 saturated carbocycles. The van der Waals surface area contributed by atoms with Gasteiger partial charge in [-0.05, 0) is 19.2 Å². The number of rotatable bonds is 6. The molecule has 0 bridgehead atoms. The molecule has 0 unspecified atom stereocenters. The van der Waals surface area contributed by atoms with Crippen LogP contribution in [0.2, 0.25) is 0 Å². The maximum absolute atomic E-state index is 11.1. The quantitative estimate of drug-likeness (QED) is 0.615. The van der Waals surface area contributed by atoms with Crippen molar-refractivity contribution in [3.8, 4) is 0 Å². The number of nitrogens with one attached hydrogen (secondary N) is 2. The van der Waals surface area contributed by atoms with E-state index >= 15 is 0 Å². The topological polar surface area (TPSA) is 97.1 Å². The molecule has 17 heavy (non-hydrogen) atoms. The van der Waals surface area contributed by atoms with Gasteiger partial charge in [0.15, 0.2) is 0 Å². The van der Waals surface area contributed by atoms with Crippen molar-refractivity contribution in [1.29, 1.82) is 0 Å². The van der Waals surface area contributed by atoms with Crippen molar-refractivity contribution in [2.24, 2.45) is 5.73 Å². The van der Waals surface area contributed by atoms with Gasteiger partial charge in [0.2, 0.25) is 10.0 Å². The van der Waals surface area contributed by atoms with Crippen molar-refractivity contribution >= 4 is 32.9 Å². The summed E-state index contributed by atoms with van der Waals surface area (Å²) in [5.74, 6) is 0.000548.